The SMILES string of the molecule is CCOC(C)C(O)Cc1cc(C)nn1CC. The van der Waals surface area contributed by atoms with E-state index in [0.29, 0.717) is 13.0 Å². The summed E-state index contributed by atoms with van der Waals surface area (Å²) >= 11 is 0. The highest BCUT2D eigenvalue weighted by atomic mass is 16.5. The summed E-state index contributed by atoms with van der Waals surface area (Å²) in [5.41, 5.74) is 2.06. The number of aryl methyl sites for hydroxylation is 2. The number of nitrogens with zero attached hydrogens (tertiary/aromatic N) is 2. The van der Waals surface area contributed by atoms with Gasteiger partial charge in [0.1, 0.15) is 0 Å². The minimum absolute atomic E-state index is 0.134. The first kappa shape index (κ1) is 13.2. The molecular formula is C12H22N2O2. The van der Waals surface area contributed by atoms with E-state index in [2.05, 4.69) is 5.10 Å². The van der Waals surface area contributed by atoms with Crippen LogP contribution in [0.1, 0.15) is 32.2 Å². The molecule has 92 valence electrons. The van der Waals surface area contributed by atoms with Crippen molar-refractivity contribution in [2.45, 2.75) is 52.9 Å². The van der Waals surface area contributed by atoms with Crippen LogP contribution < -0.4 is 0 Å². The fourth-order valence-electron chi connectivity index (χ4n) is 1.79. The zero-order valence-corrected chi connectivity index (χ0v) is 10.6. The van der Waals surface area contributed by atoms with Crippen LogP contribution in [0.15, 0.2) is 6.07 Å². The third-order valence-electron chi connectivity index (χ3n) is 2.67. The van der Waals surface area contributed by atoms with Crippen molar-refractivity contribution in [2.75, 3.05) is 6.61 Å². The van der Waals surface area contributed by atoms with E-state index in [4.69, 9.17) is 4.74 Å². The van der Waals surface area contributed by atoms with Gasteiger partial charge in [-0.1, -0.05) is 0 Å². The number of aromatic nitrogens is 2. The minimum atomic E-state index is -0.471. The van der Waals surface area contributed by atoms with Gasteiger partial charge < -0.3 is 9.84 Å². The lowest BCUT2D eigenvalue weighted by molar-refractivity contribution is -0.0215. The van der Waals surface area contributed by atoms with E-state index < -0.39 is 6.10 Å². The Bertz CT molecular complexity index is 323. The van der Waals surface area contributed by atoms with Crippen molar-refractivity contribution in [1.82, 2.24) is 9.78 Å². The number of aliphatic hydroxyl groups is 1. The Labute approximate surface area is 97.2 Å². The van der Waals surface area contributed by atoms with Crippen LogP contribution in [0.3, 0.4) is 0 Å². The summed E-state index contributed by atoms with van der Waals surface area (Å²) in [4.78, 5) is 0. The maximum atomic E-state index is 9.97. The van der Waals surface area contributed by atoms with Gasteiger partial charge in [-0.3, -0.25) is 4.68 Å². The molecule has 0 saturated carbocycles. The smallest absolute Gasteiger partial charge is 0.0854 e. The van der Waals surface area contributed by atoms with Gasteiger partial charge in [0.05, 0.1) is 17.9 Å². The van der Waals surface area contributed by atoms with Crippen molar-refractivity contribution in [3.8, 4) is 0 Å². The molecule has 0 aromatic carbocycles. The molecule has 0 saturated heterocycles. The van der Waals surface area contributed by atoms with Crippen LogP contribution in [0.2, 0.25) is 0 Å². The Morgan fingerprint density at radius 1 is 1.50 bits per heavy atom. The highest BCUT2D eigenvalue weighted by molar-refractivity contribution is 5.10. The van der Waals surface area contributed by atoms with E-state index >= 15 is 0 Å². The van der Waals surface area contributed by atoms with Crippen molar-refractivity contribution in [3.63, 3.8) is 0 Å². The number of hydrogen-bond acceptors (Lipinski definition) is 3. The largest absolute Gasteiger partial charge is 0.390 e. The first-order valence-electron chi connectivity index (χ1n) is 5.91. The number of aliphatic hydroxyl groups excluding tert-OH is 1. The van der Waals surface area contributed by atoms with Crippen LogP contribution in [0, 0.1) is 6.92 Å². The van der Waals surface area contributed by atoms with Crippen molar-refractivity contribution in [1.29, 1.82) is 0 Å². The summed E-state index contributed by atoms with van der Waals surface area (Å²) in [5, 5.41) is 14.3. The summed E-state index contributed by atoms with van der Waals surface area (Å²) < 4.78 is 7.30. The highest BCUT2D eigenvalue weighted by Gasteiger charge is 2.17. The molecular weight excluding hydrogens is 204 g/mol. The molecule has 1 N–H and O–H groups in total. The Morgan fingerprint density at radius 3 is 2.75 bits per heavy atom. The minimum Gasteiger partial charge on any atom is -0.390 e. The molecule has 0 fully saturated rings. The number of ether oxygens (including phenoxy) is 1. The monoisotopic (exact) mass is 226 g/mol. The fourth-order valence-corrected chi connectivity index (χ4v) is 1.79. The Kier molecular flexibility index (Phi) is 4.96. The van der Waals surface area contributed by atoms with Gasteiger partial charge in [0.15, 0.2) is 0 Å². The maximum Gasteiger partial charge on any atom is 0.0854 e. The van der Waals surface area contributed by atoms with Crippen LogP contribution in [0.4, 0.5) is 0 Å². The third-order valence-corrected chi connectivity index (χ3v) is 2.67. The lowest BCUT2D eigenvalue weighted by Crippen LogP contribution is -2.29. The molecule has 1 aromatic heterocycles. The summed E-state index contributed by atoms with van der Waals surface area (Å²) in [5.74, 6) is 0. The van der Waals surface area contributed by atoms with E-state index in [-0.39, 0.29) is 6.10 Å². The van der Waals surface area contributed by atoms with E-state index in [9.17, 15) is 5.11 Å². The van der Waals surface area contributed by atoms with Crippen molar-refractivity contribution < 1.29 is 9.84 Å². The summed E-state index contributed by atoms with van der Waals surface area (Å²) in [6.45, 7) is 9.31. The molecule has 0 aliphatic rings. The Hall–Kier alpha value is -0.870. The molecule has 16 heavy (non-hydrogen) atoms. The van der Waals surface area contributed by atoms with E-state index in [1.54, 1.807) is 0 Å². The van der Waals surface area contributed by atoms with E-state index in [0.717, 1.165) is 17.9 Å². The summed E-state index contributed by atoms with van der Waals surface area (Å²) in [7, 11) is 0. The van der Waals surface area contributed by atoms with E-state index in [1.165, 1.54) is 0 Å². The lowest BCUT2D eigenvalue weighted by Gasteiger charge is -2.18. The molecule has 1 heterocycles. The number of hydrogen-bond donors (Lipinski definition) is 1. The second-order valence-corrected chi connectivity index (χ2v) is 4.02. The van der Waals surface area contributed by atoms with Crippen molar-refractivity contribution in [3.05, 3.63) is 17.5 Å². The van der Waals surface area contributed by atoms with Crippen LogP contribution in [0.5, 0.6) is 0 Å². The van der Waals surface area contributed by atoms with Crippen LogP contribution in [0.25, 0.3) is 0 Å². The quantitative estimate of drug-likeness (QED) is 0.800. The molecule has 2 atom stereocenters. The van der Waals surface area contributed by atoms with Crippen molar-refractivity contribution >= 4 is 0 Å². The Balaban J connectivity index is 2.64. The maximum absolute atomic E-state index is 9.97. The molecule has 0 radical (unpaired) electrons. The standard InChI is InChI=1S/C12H22N2O2/c1-5-14-11(7-9(3)13-14)8-12(15)10(4)16-6-2/h7,10,12,15H,5-6,8H2,1-4H3. The van der Waals surface area contributed by atoms with E-state index in [1.807, 2.05) is 38.4 Å². The van der Waals surface area contributed by atoms with Crippen LogP contribution >= 0.6 is 0 Å². The average molecular weight is 226 g/mol. The average Bonchev–Trinajstić information content (AvgIpc) is 2.59. The molecule has 0 spiro atoms. The van der Waals surface area contributed by atoms with Crippen molar-refractivity contribution in [2.24, 2.45) is 0 Å². The molecule has 4 nitrogen and oxygen atoms in total. The summed E-state index contributed by atoms with van der Waals surface area (Å²) in [6.07, 6.45) is -0.0117. The second kappa shape index (κ2) is 6.01. The predicted octanol–water partition coefficient (Wildman–Crippen LogP) is 1.54. The zero-order chi connectivity index (χ0) is 12.1. The molecule has 2 unspecified atom stereocenters. The van der Waals surface area contributed by atoms with Gasteiger partial charge in [-0.25, -0.2) is 0 Å². The van der Waals surface area contributed by atoms with Gasteiger partial charge in [0.2, 0.25) is 0 Å². The van der Waals surface area contributed by atoms with Gasteiger partial charge in [-0.2, -0.15) is 5.10 Å². The number of rotatable bonds is 6. The third kappa shape index (κ3) is 3.32. The molecule has 0 aliphatic heterocycles. The molecule has 4 heteroatoms. The first-order valence-corrected chi connectivity index (χ1v) is 5.91. The second-order valence-electron chi connectivity index (χ2n) is 4.02. The Morgan fingerprint density at radius 2 is 2.19 bits per heavy atom. The van der Waals surface area contributed by atoms with Gasteiger partial charge in [-0.15, -0.1) is 0 Å². The van der Waals surface area contributed by atoms with Gasteiger partial charge in [0.25, 0.3) is 0 Å². The zero-order valence-electron chi connectivity index (χ0n) is 10.6. The predicted molar refractivity (Wildman–Crippen MR) is 63.4 cm³/mol. The van der Waals surface area contributed by atoms with Crippen LogP contribution in [-0.2, 0) is 17.7 Å². The van der Waals surface area contributed by atoms with Crippen LogP contribution in [-0.4, -0.2) is 33.7 Å². The molecule has 0 aliphatic carbocycles. The highest BCUT2D eigenvalue weighted by Crippen LogP contribution is 2.10. The van der Waals surface area contributed by atoms with Gasteiger partial charge >= 0.3 is 0 Å². The topological polar surface area (TPSA) is 47.3 Å². The molecule has 1 rings (SSSR count). The summed E-state index contributed by atoms with van der Waals surface area (Å²) in [6, 6.07) is 2.02. The molecule has 0 bridgehead atoms. The molecule has 0 amide bonds. The normalized spacial score (nSPS) is 15.1. The first-order chi connectivity index (χ1) is 7.58. The lowest BCUT2D eigenvalue weighted by atomic mass is 10.1. The fraction of sp³-hybridized carbons (Fsp3) is 0.750. The van der Waals surface area contributed by atoms with Gasteiger partial charge in [-0.05, 0) is 33.8 Å². The molecule has 1 aromatic rings. The van der Waals surface area contributed by atoms with Gasteiger partial charge in [0, 0.05) is 25.3 Å².